The summed E-state index contributed by atoms with van der Waals surface area (Å²) < 4.78 is 29.7. The van der Waals surface area contributed by atoms with Gasteiger partial charge in [0, 0.05) is 22.3 Å². The minimum absolute atomic E-state index is 0.153. The molecule has 0 fully saturated rings. The number of nitrogens with zero attached hydrogens (tertiary/aromatic N) is 2. The quantitative estimate of drug-likeness (QED) is 0.234. The smallest absolute Gasteiger partial charge is 0.270 e. The Morgan fingerprint density at radius 2 is 1.63 bits per heavy atom. The highest BCUT2D eigenvalue weighted by Gasteiger charge is 2.25. The number of amides is 1. The van der Waals surface area contributed by atoms with Crippen LogP contribution in [0.3, 0.4) is 0 Å². The van der Waals surface area contributed by atoms with Gasteiger partial charge in [-0.1, -0.05) is 70.2 Å². The van der Waals surface area contributed by atoms with Crippen LogP contribution in [0, 0.1) is 0 Å². The van der Waals surface area contributed by atoms with E-state index < -0.39 is 10.0 Å². The van der Waals surface area contributed by atoms with Gasteiger partial charge in [0.25, 0.3) is 10.0 Å². The van der Waals surface area contributed by atoms with E-state index in [4.69, 9.17) is 0 Å². The molecule has 0 aliphatic rings. The first kappa shape index (κ1) is 23.6. The first-order valence-electron chi connectivity index (χ1n) is 10.8. The van der Waals surface area contributed by atoms with E-state index in [1.165, 1.54) is 15.7 Å². The van der Waals surface area contributed by atoms with Crippen LogP contribution in [0.2, 0.25) is 0 Å². The second-order valence-electron chi connectivity index (χ2n) is 7.82. The van der Waals surface area contributed by atoms with Gasteiger partial charge in [0.2, 0.25) is 5.91 Å². The molecule has 0 saturated heterocycles. The number of halogens is 1. The Labute approximate surface area is 215 Å². The Morgan fingerprint density at radius 1 is 0.914 bits per heavy atom. The molecule has 0 aliphatic carbocycles. The lowest BCUT2D eigenvalue weighted by Crippen LogP contribution is -2.15. The van der Waals surface area contributed by atoms with E-state index in [1.54, 1.807) is 36.4 Å². The van der Waals surface area contributed by atoms with Gasteiger partial charge in [0.1, 0.15) is 0 Å². The lowest BCUT2D eigenvalue weighted by atomic mass is 10.1. The van der Waals surface area contributed by atoms with E-state index in [2.05, 4.69) is 26.2 Å². The van der Waals surface area contributed by atoms with Crippen molar-refractivity contribution in [3.8, 4) is 0 Å². The van der Waals surface area contributed by atoms with Gasteiger partial charge < -0.3 is 5.32 Å². The fourth-order valence-corrected chi connectivity index (χ4v) is 6.68. The largest absolute Gasteiger partial charge is 0.326 e. The van der Waals surface area contributed by atoms with Crippen LogP contribution in [0.15, 0.2) is 106 Å². The molecular formula is C26H20BrN3O3S2. The number of carbonyl (C=O) groups is 1. The molecule has 5 rings (SSSR count). The van der Waals surface area contributed by atoms with Crippen molar-refractivity contribution in [3.63, 3.8) is 0 Å². The Bertz CT molecular complexity index is 1650. The van der Waals surface area contributed by atoms with E-state index in [1.807, 2.05) is 54.6 Å². The summed E-state index contributed by atoms with van der Waals surface area (Å²) in [5.74, 6) is 0.221. The van der Waals surface area contributed by atoms with Crippen molar-refractivity contribution in [2.24, 2.45) is 0 Å². The number of rotatable bonds is 7. The summed E-state index contributed by atoms with van der Waals surface area (Å²) in [6.45, 7) is 0. The number of carbonyl (C=O) groups excluding carboxylic acids is 1. The summed E-state index contributed by atoms with van der Waals surface area (Å²) in [7, 11) is -3.92. The molecule has 35 heavy (non-hydrogen) atoms. The minimum Gasteiger partial charge on any atom is -0.326 e. The van der Waals surface area contributed by atoms with Crippen LogP contribution in [0.25, 0.3) is 21.8 Å². The maximum atomic E-state index is 13.8. The molecule has 0 aliphatic heterocycles. The number of imidazole rings is 1. The Hall–Kier alpha value is -3.14. The highest BCUT2D eigenvalue weighted by Crippen LogP contribution is 2.30. The number of anilines is 1. The second-order valence-corrected chi connectivity index (χ2v) is 11.6. The first-order valence-corrected chi connectivity index (χ1v) is 14.0. The van der Waals surface area contributed by atoms with Crippen LogP contribution in [0.5, 0.6) is 0 Å². The summed E-state index contributed by atoms with van der Waals surface area (Å²) >= 11 is 4.61. The van der Waals surface area contributed by atoms with E-state index in [-0.39, 0.29) is 17.2 Å². The zero-order chi connectivity index (χ0) is 24.4. The lowest BCUT2D eigenvalue weighted by Gasteiger charge is -2.11. The molecule has 0 saturated carbocycles. The van der Waals surface area contributed by atoms with E-state index in [0.29, 0.717) is 27.6 Å². The maximum absolute atomic E-state index is 13.8. The second kappa shape index (κ2) is 9.85. The molecule has 5 aromatic rings. The topological polar surface area (TPSA) is 81.1 Å². The van der Waals surface area contributed by atoms with Gasteiger partial charge in [-0.25, -0.2) is 17.4 Å². The predicted octanol–water partition coefficient (Wildman–Crippen LogP) is 6.31. The van der Waals surface area contributed by atoms with Gasteiger partial charge in [-0.15, -0.1) is 0 Å². The third-order valence-electron chi connectivity index (χ3n) is 5.44. The van der Waals surface area contributed by atoms with Crippen molar-refractivity contribution in [1.82, 2.24) is 8.96 Å². The highest BCUT2D eigenvalue weighted by atomic mass is 79.9. The van der Waals surface area contributed by atoms with Gasteiger partial charge in [-0.3, -0.25) is 4.79 Å². The Kier molecular flexibility index (Phi) is 6.64. The molecule has 0 unspecified atom stereocenters. The Morgan fingerprint density at radius 3 is 2.43 bits per heavy atom. The fourth-order valence-electron chi connectivity index (χ4n) is 3.73. The summed E-state index contributed by atoms with van der Waals surface area (Å²) in [6.07, 6.45) is 0.208. The maximum Gasteiger partial charge on any atom is 0.270 e. The summed E-state index contributed by atoms with van der Waals surface area (Å²) in [4.78, 5) is 17.2. The third kappa shape index (κ3) is 4.98. The van der Waals surface area contributed by atoms with Gasteiger partial charge >= 0.3 is 0 Å². The number of aromatic nitrogens is 2. The van der Waals surface area contributed by atoms with E-state index in [9.17, 15) is 13.2 Å². The molecule has 0 atom stereocenters. The number of hydrogen-bond donors (Lipinski definition) is 1. The van der Waals surface area contributed by atoms with E-state index >= 15 is 0 Å². The Balaban J connectivity index is 1.42. The van der Waals surface area contributed by atoms with Gasteiger partial charge in [0.05, 0.1) is 15.9 Å². The standard InChI is InChI=1S/C26H20BrN3O3S2/c27-20-10-12-21(13-11-20)28-25(31)15-16-34-26-29-23-7-3-4-8-24(23)30(26)35(32,33)22-14-9-18-5-1-2-6-19(18)17-22/h1-14,17H,15-16H2,(H,28,31). The molecule has 0 bridgehead atoms. The number of thioether (sulfide) groups is 1. The molecule has 0 spiro atoms. The molecule has 1 aromatic heterocycles. The predicted molar refractivity (Wildman–Crippen MR) is 144 cm³/mol. The van der Waals surface area contributed by atoms with Crippen molar-refractivity contribution < 1.29 is 13.2 Å². The number of fused-ring (bicyclic) bond motifs is 2. The van der Waals surface area contributed by atoms with Crippen LogP contribution in [0.4, 0.5) is 5.69 Å². The van der Waals surface area contributed by atoms with Crippen LogP contribution < -0.4 is 5.32 Å². The lowest BCUT2D eigenvalue weighted by molar-refractivity contribution is -0.115. The number of nitrogens with one attached hydrogen (secondary N) is 1. The fraction of sp³-hybridized carbons (Fsp3) is 0.0769. The zero-order valence-corrected chi connectivity index (χ0v) is 21.6. The van der Waals surface area contributed by atoms with E-state index in [0.717, 1.165) is 15.2 Å². The van der Waals surface area contributed by atoms with Crippen LogP contribution in [-0.4, -0.2) is 29.0 Å². The van der Waals surface area contributed by atoms with Crippen molar-refractivity contribution in [1.29, 1.82) is 0 Å². The zero-order valence-electron chi connectivity index (χ0n) is 18.4. The number of benzene rings is 4. The molecule has 1 N–H and O–H groups in total. The minimum atomic E-state index is -3.92. The molecule has 6 nitrogen and oxygen atoms in total. The van der Waals surface area contributed by atoms with Crippen LogP contribution in [-0.2, 0) is 14.8 Å². The monoisotopic (exact) mass is 565 g/mol. The third-order valence-corrected chi connectivity index (χ3v) is 8.72. The van der Waals surface area contributed by atoms with Crippen LogP contribution in [0.1, 0.15) is 6.42 Å². The number of para-hydroxylation sites is 2. The highest BCUT2D eigenvalue weighted by molar-refractivity contribution is 9.10. The average Bonchev–Trinajstić information content (AvgIpc) is 3.24. The van der Waals surface area contributed by atoms with Crippen molar-refractivity contribution >= 4 is 71.1 Å². The summed E-state index contributed by atoms with van der Waals surface area (Å²) in [5.41, 5.74) is 1.79. The molecular weight excluding hydrogens is 546 g/mol. The van der Waals surface area contributed by atoms with Crippen molar-refractivity contribution in [3.05, 3.63) is 95.5 Å². The summed E-state index contributed by atoms with van der Waals surface area (Å²) in [5, 5.41) is 4.99. The summed E-state index contributed by atoms with van der Waals surface area (Å²) in [6, 6.07) is 27.2. The number of hydrogen-bond acceptors (Lipinski definition) is 5. The van der Waals surface area contributed by atoms with Crippen LogP contribution >= 0.6 is 27.7 Å². The van der Waals surface area contributed by atoms with Gasteiger partial charge in [0.15, 0.2) is 5.16 Å². The first-order chi connectivity index (χ1) is 16.9. The molecule has 176 valence electrons. The molecule has 1 amide bonds. The average molecular weight is 567 g/mol. The van der Waals surface area contributed by atoms with Gasteiger partial charge in [-0.05, 0) is 59.3 Å². The SMILES string of the molecule is O=C(CCSc1nc2ccccc2n1S(=O)(=O)c1ccc2ccccc2c1)Nc1ccc(Br)cc1. The molecule has 1 heterocycles. The molecule has 9 heteroatoms. The van der Waals surface area contributed by atoms with Gasteiger partial charge in [-0.2, -0.15) is 0 Å². The van der Waals surface area contributed by atoms with Crippen molar-refractivity contribution in [2.75, 3.05) is 11.1 Å². The van der Waals surface area contributed by atoms with Crippen molar-refractivity contribution in [2.45, 2.75) is 16.5 Å². The normalized spacial score (nSPS) is 11.7. The molecule has 0 radical (unpaired) electrons. The molecule has 4 aromatic carbocycles.